The molecule has 1 N–H and O–H groups in total. The van der Waals surface area contributed by atoms with Crippen molar-refractivity contribution < 1.29 is 0 Å². The molecule has 0 amide bonds. The first kappa shape index (κ1) is 19.2. The summed E-state index contributed by atoms with van der Waals surface area (Å²) in [5, 5.41) is 4.31. The molecular formula is C24H27N5S. The lowest BCUT2D eigenvalue weighted by Crippen LogP contribution is -2.29. The van der Waals surface area contributed by atoms with Crippen LogP contribution in [0, 0.1) is 0 Å². The molecule has 1 saturated heterocycles. The summed E-state index contributed by atoms with van der Waals surface area (Å²) >= 11 is 5.79. The van der Waals surface area contributed by atoms with Crippen LogP contribution < -0.4 is 5.32 Å². The molecule has 2 unspecified atom stereocenters. The molecule has 0 radical (unpaired) electrons. The topological polar surface area (TPSA) is 46.0 Å². The molecule has 5 nitrogen and oxygen atoms in total. The van der Waals surface area contributed by atoms with E-state index in [4.69, 9.17) is 12.2 Å². The summed E-state index contributed by atoms with van der Waals surface area (Å²) in [7, 11) is 0. The Labute approximate surface area is 183 Å². The van der Waals surface area contributed by atoms with E-state index in [1.807, 2.05) is 36.8 Å². The number of nitrogens with one attached hydrogen (secondary N) is 1. The van der Waals surface area contributed by atoms with Crippen LogP contribution in [0.25, 0.3) is 0 Å². The fourth-order valence-electron chi connectivity index (χ4n) is 4.84. The summed E-state index contributed by atoms with van der Waals surface area (Å²) < 4.78 is 2.42. The lowest BCUT2D eigenvalue weighted by molar-refractivity contribution is 0.308. The van der Waals surface area contributed by atoms with Crippen LogP contribution in [0.5, 0.6) is 0 Å². The van der Waals surface area contributed by atoms with Crippen LogP contribution in [0.1, 0.15) is 67.1 Å². The van der Waals surface area contributed by atoms with Gasteiger partial charge in [-0.2, -0.15) is 0 Å². The Morgan fingerprint density at radius 1 is 1.03 bits per heavy atom. The summed E-state index contributed by atoms with van der Waals surface area (Å²) in [6, 6.07) is 13.2. The molecule has 4 heterocycles. The Hall–Kier alpha value is -2.73. The van der Waals surface area contributed by atoms with Crippen molar-refractivity contribution in [3.63, 3.8) is 0 Å². The Kier molecular flexibility index (Phi) is 5.49. The minimum atomic E-state index is 0.0255. The molecule has 0 spiro atoms. The summed E-state index contributed by atoms with van der Waals surface area (Å²) in [4.78, 5) is 11.2. The molecule has 5 rings (SSSR count). The van der Waals surface area contributed by atoms with Crippen LogP contribution >= 0.6 is 12.2 Å². The highest BCUT2D eigenvalue weighted by Crippen LogP contribution is 2.40. The van der Waals surface area contributed by atoms with Crippen LogP contribution in [-0.4, -0.2) is 24.5 Å². The second kappa shape index (κ2) is 8.56. The van der Waals surface area contributed by atoms with Gasteiger partial charge in [0.1, 0.15) is 0 Å². The van der Waals surface area contributed by atoms with Crippen molar-refractivity contribution in [1.82, 2.24) is 24.8 Å². The van der Waals surface area contributed by atoms with E-state index in [9.17, 15) is 0 Å². The molecule has 1 saturated carbocycles. The highest BCUT2D eigenvalue weighted by molar-refractivity contribution is 7.80. The van der Waals surface area contributed by atoms with E-state index in [2.05, 4.69) is 55.3 Å². The average Bonchev–Trinajstić information content (AvgIpc) is 3.41. The van der Waals surface area contributed by atoms with E-state index in [1.165, 1.54) is 37.7 Å². The first-order chi connectivity index (χ1) is 14.8. The van der Waals surface area contributed by atoms with Crippen molar-refractivity contribution in [3.05, 3.63) is 84.2 Å². The van der Waals surface area contributed by atoms with Gasteiger partial charge in [0.25, 0.3) is 0 Å². The Bertz CT molecular complexity index is 981. The van der Waals surface area contributed by atoms with Gasteiger partial charge in [0.05, 0.1) is 17.8 Å². The van der Waals surface area contributed by atoms with Gasteiger partial charge >= 0.3 is 0 Å². The summed E-state index contributed by atoms with van der Waals surface area (Å²) in [5.41, 5.74) is 3.46. The van der Waals surface area contributed by atoms with E-state index in [0.29, 0.717) is 6.04 Å². The van der Waals surface area contributed by atoms with E-state index in [0.717, 1.165) is 22.9 Å². The first-order valence-corrected chi connectivity index (χ1v) is 11.2. The molecule has 1 aliphatic carbocycles. The van der Waals surface area contributed by atoms with Crippen molar-refractivity contribution in [2.24, 2.45) is 0 Å². The van der Waals surface area contributed by atoms with E-state index in [-0.39, 0.29) is 12.1 Å². The predicted molar refractivity (Wildman–Crippen MR) is 122 cm³/mol. The zero-order valence-corrected chi connectivity index (χ0v) is 17.8. The van der Waals surface area contributed by atoms with Crippen LogP contribution in [0.2, 0.25) is 0 Å². The average molecular weight is 418 g/mol. The minimum absolute atomic E-state index is 0.0255. The van der Waals surface area contributed by atoms with E-state index < -0.39 is 0 Å². The van der Waals surface area contributed by atoms with E-state index in [1.54, 1.807) is 0 Å². The molecule has 2 fully saturated rings. The predicted octanol–water partition coefficient (Wildman–Crippen LogP) is 4.96. The van der Waals surface area contributed by atoms with Gasteiger partial charge in [-0.1, -0.05) is 31.4 Å². The fourth-order valence-corrected chi connectivity index (χ4v) is 5.14. The van der Waals surface area contributed by atoms with Crippen LogP contribution in [0.15, 0.2) is 67.4 Å². The molecule has 6 heteroatoms. The zero-order valence-electron chi connectivity index (χ0n) is 17.0. The maximum absolute atomic E-state index is 5.79. The maximum atomic E-state index is 5.79. The molecule has 1 aliphatic heterocycles. The number of rotatable bonds is 5. The number of thiocarbonyl (C=S) groups is 1. The van der Waals surface area contributed by atoms with E-state index >= 15 is 0 Å². The molecule has 3 aromatic heterocycles. The third-order valence-corrected chi connectivity index (χ3v) is 6.70. The molecule has 0 aromatic carbocycles. The molecule has 154 valence electrons. The minimum Gasteiger partial charge on any atom is -0.352 e. The Balaban J connectivity index is 1.49. The third kappa shape index (κ3) is 3.84. The van der Waals surface area contributed by atoms with Crippen molar-refractivity contribution >= 4 is 17.3 Å². The molecule has 2 aliphatic rings. The number of hydrogen-bond donors (Lipinski definition) is 1. The summed E-state index contributed by atoms with van der Waals surface area (Å²) in [6.45, 7) is 0.724. The lowest BCUT2D eigenvalue weighted by atomic mass is 9.95. The Morgan fingerprint density at radius 3 is 2.70 bits per heavy atom. The van der Waals surface area contributed by atoms with Gasteiger partial charge in [-0.05, 0) is 60.5 Å². The molecule has 0 bridgehead atoms. The van der Waals surface area contributed by atoms with Gasteiger partial charge in [0.15, 0.2) is 5.11 Å². The normalized spacial score (nSPS) is 22.3. The zero-order chi connectivity index (χ0) is 20.3. The van der Waals surface area contributed by atoms with Crippen molar-refractivity contribution in [2.75, 3.05) is 0 Å². The van der Waals surface area contributed by atoms with Crippen molar-refractivity contribution in [3.8, 4) is 0 Å². The SMILES string of the molecule is S=C1NC(c2ccccn2)C(c2ccn(C3CCCCC3)c2)N1Cc1cccnc1. The fraction of sp³-hybridized carbons (Fsp3) is 0.375. The lowest BCUT2D eigenvalue weighted by Gasteiger charge is -2.27. The van der Waals surface area contributed by atoms with Crippen molar-refractivity contribution in [1.29, 1.82) is 0 Å². The second-order valence-electron chi connectivity index (χ2n) is 8.30. The molecule has 30 heavy (non-hydrogen) atoms. The second-order valence-corrected chi connectivity index (χ2v) is 8.69. The standard InChI is InChI=1S/C24H27N5S/c30-24-27-22(21-10-4-5-13-26-21)23(29(24)16-18-7-6-12-25-15-18)19-11-14-28(17-19)20-8-2-1-3-9-20/h4-7,10-15,17,20,22-23H,1-3,8-9,16H2,(H,27,30). The number of aromatic nitrogens is 3. The van der Waals surface area contributed by atoms with Gasteiger partial charge in [-0.25, -0.2) is 0 Å². The van der Waals surface area contributed by atoms with Gasteiger partial charge in [0.2, 0.25) is 0 Å². The number of nitrogens with zero attached hydrogens (tertiary/aromatic N) is 4. The Morgan fingerprint density at radius 2 is 1.93 bits per heavy atom. The quantitative estimate of drug-likeness (QED) is 0.595. The maximum Gasteiger partial charge on any atom is 0.170 e. The first-order valence-electron chi connectivity index (χ1n) is 10.8. The number of pyridine rings is 2. The van der Waals surface area contributed by atoms with Gasteiger partial charge in [-0.15, -0.1) is 0 Å². The van der Waals surface area contributed by atoms with Gasteiger partial charge in [0, 0.05) is 43.6 Å². The van der Waals surface area contributed by atoms with Gasteiger partial charge < -0.3 is 14.8 Å². The van der Waals surface area contributed by atoms with Crippen LogP contribution in [0.3, 0.4) is 0 Å². The molecule has 3 aromatic rings. The molecular weight excluding hydrogens is 390 g/mol. The largest absolute Gasteiger partial charge is 0.352 e. The summed E-state index contributed by atoms with van der Waals surface area (Å²) in [5.74, 6) is 0. The number of hydrogen-bond acceptors (Lipinski definition) is 3. The van der Waals surface area contributed by atoms with Crippen molar-refractivity contribution in [2.45, 2.75) is 56.8 Å². The summed E-state index contributed by atoms with van der Waals surface area (Å²) in [6.07, 6.45) is 16.8. The monoisotopic (exact) mass is 417 g/mol. The smallest absolute Gasteiger partial charge is 0.170 e. The highest BCUT2D eigenvalue weighted by atomic mass is 32.1. The van der Waals surface area contributed by atoms with Crippen LogP contribution in [-0.2, 0) is 6.54 Å². The van der Waals surface area contributed by atoms with Crippen LogP contribution in [0.4, 0.5) is 0 Å². The third-order valence-electron chi connectivity index (χ3n) is 6.35. The molecule has 2 atom stereocenters. The van der Waals surface area contributed by atoms with Gasteiger partial charge in [-0.3, -0.25) is 9.97 Å². The highest BCUT2D eigenvalue weighted by Gasteiger charge is 2.40.